The average Bonchev–Trinajstić information content (AvgIpc) is 3.47. The standard InChI is InChI=1S/C37H38N6O5S/c1-21(2)27-18-28(30(45)19-29(27)44)36(46)43-13-12-26-31(20-43)49-35-32(26)34(42-14-16-48-17-15-42)40-33(41-35)23-6-10-25(11-7-23)39-37(47)38-24-8-4-22(3)5-9-24/h4-11,18-19,21,44-45H,12-17,20H2,1-3H3,(H2,38,39,47). The maximum atomic E-state index is 13.7. The van der Waals surface area contributed by atoms with Gasteiger partial charge in [-0.3, -0.25) is 4.79 Å². The number of aromatic hydroxyl groups is 2. The van der Waals surface area contributed by atoms with E-state index in [0.29, 0.717) is 68.6 Å². The fraction of sp³-hybridized carbons (Fsp3) is 0.297. The Morgan fingerprint density at radius 3 is 2.24 bits per heavy atom. The topological polar surface area (TPSA) is 140 Å². The lowest BCUT2D eigenvalue weighted by Gasteiger charge is -2.30. The molecule has 1 fully saturated rings. The molecule has 0 atom stereocenters. The fourth-order valence-corrected chi connectivity index (χ4v) is 7.54. The molecule has 2 aliphatic rings. The van der Waals surface area contributed by atoms with Crippen molar-refractivity contribution in [1.29, 1.82) is 0 Å². The normalized spacial score (nSPS) is 14.6. The molecule has 0 spiro atoms. The molecular formula is C37H38N6O5S. The minimum atomic E-state index is -0.332. The summed E-state index contributed by atoms with van der Waals surface area (Å²) in [7, 11) is 0. The third kappa shape index (κ3) is 6.61. The van der Waals surface area contributed by atoms with E-state index in [0.717, 1.165) is 37.6 Å². The number of carbonyl (C=O) groups excluding carboxylic acids is 2. The van der Waals surface area contributed by atoms with Gasteiger partial charge in [0.1, 0.15) is 22.1 Å². The van der Waals surface area contributed by atoms with Crippen LogP contribution in [0.3, 0.4) is 0 Å². The van der Waals surface area contributed by atoms with Crippen LogP contribution in [0.5, 0.6) is 11.5 Å². The molecule has 11 nitrogen and oxygen atoms in total. The van der Waals surface area contributed by atoms with Crippen molar-refractivity contribution in [2.45, 2.75) is 39.7 Å². The predicted molar refractivity (Wildman–Crippen MR) is 192 cm³/mol. The van der Waals surface area contributed by atoms with E-state index in [-0.39, 0.29) is 34.9 Å². The Morgan fingerprint density at radius 2 is 1.57 bits per heavy atom. The summed E-state index contributed by atoms with van der Waals surface area (Å²) in [6.07, 6.45) is 0.627. The number of thiophene rings is 1. The van der Waals surface area contributed by atoms with Crippen LogP contribution in [0.4, 0.5) is 22.0 Å². The minimum Gasteiger partial charge on any atom is -0.508 e. The number of hydrogen-bond acceptors (Lipinski definition) is 9. The number of amides is 3. The van der Waals surface area contributed by atoms with E-state index in [1.165, 1.54) is 6.07 Å². The molecule has 0 radical (unpaired) electrons. The van der Waals surface area contributed by atoms with E-state index < -0.39 is 0 Å². The van der Waals surface area contributed by atoms with Gasteiger partial charge in [-0.15, -0.1) is 11.3 Å². The Labute approximate surface area is 288 Å². The molecule has 2 aliphatic heterocycles. The SMILES string of the molecule is Cc1ccc(NC(=O)Nc2ccc(-c3nc(N4CCOCC4)c4c5c(sc4n3)CN(C(=O)c3cc(C(C)C)c(O)cc3O)CC5)cc2)cc1. The molecule has 7 rings (SSSR count). The second kappa shape index (κ2) is 13.4. The summed E-state index contributed by atoms with van der Waals surface area (Å²) < 4.78 is 5.65. The molecule has 1 saturated heterocycles. The fourth-order valence-electron chi connectivity index (χ4n) is 6.31. The largest absolute Gasteiger partial charge is 0.508 e. The molecule has 5 aromatic rings. The van der Waals surface area contributed by atoms with Crippen molar-refractivity contribution < 1.29 is 24.5 Å². The zero-order valence-corrected chi connectivity index (χ0v) is 28.4. The summed E-state index contributed by atoms with van der Waals surface area (Å²) in [6, 6.07) is 17.6. The monoisotopic (exact) mass is 678 g/mol. The Balaban J connectivity index is 1.17. The van der Waals surface area contributed by atoms with Crippen LogP contribution in [0.25, 0.3) is 21.6 Å². The molecule has 0 aliphatic carbocycles. The van der Waals surface area contributed by atoms with Crippen molar-refractivity contribution in [2.75, 3.05) is 48.4 Å². The first-order valence-corrected chi connectivity index (χ1v) is 17.2. The number of rotatable bonds is 6. The van der Waals surface area contributed by atoms with Crippen LogP contribution in [0.1, 0.15) is 51.7 Å². The van der Waals surface area contributed by atoms with E-state index in [1.807, 2.05) is 69.3 Å². The van der Waals surface area contributed by atoms with Crippen LogP contribution in [-0.4, -0.2) is 69.9 Å². The number of nitrogens with one attached hydrogen (secondary N) is 2. The summed E-state index contributed by atoms with van der Waals surface area (Å²) in [6.45, 7) is 9.35. The highest BCUT2D eigenvalue weighted by atomic mass is 32.1. The van der Waals surface area contributed by atoms with E-state index in [1.54, 1.807) is 22.3 Å². The number of phenols is 2. The smallest absolute Gasteiger partial charge is 0.323 e. The second-order valence-corrected chi connectivity index (χ2v) is 13.8. The number of urea groups is 1. The van der Waals surface area contributed by atoms with Crippen LogP contribution >= 0.6 is 11.3 Å². The molecule has 0 saturated carbocycles. The Kier molecular flexibility index (Phi) is 8.82. The number of hydrogen-bond donors (Lipinski definition) is 4. The number of phenolic OH excluding ortho intramolecular Hbond substituents is 2. The van der Waals surface area contributed by atoms with Gasteiger partial charge in [-0.05, 0) is 72.9 Å². The first-order valence-electron chi connectivity index (χ1n) is 16.4. The van der Waals surface area contributed by atoms with Crippen molar-refractivity contribution in [1.82, 2.24) is 14.9 Å². The molecule has 12 heteroatoms. The highest BCUT2D eigenvalue weighted by molar-refractivity contribution is 7.19. The maximum absolute atomic E-state index is 13.7. The van der Waals surface area contributed by atoms with Gasteiger partial charge in [-0.2, -0.15) is 0 Å². The van der Waals surface area contributed by atoms with E-state index in [2.05, 4.69) is 15.5 Å². The van der Waals surface area contributed by atoms with E-state index in [4.69, 9.17) is 14.7 Å². The molecular weight excluding hydrogens is 641 g/mol. The summed E-state index contributed by atoms with van der Waals surface area (Å²) in [5, 5.41) is 27.6. The second-order valence-electron chi connectivity index (χ2n) is 12.7. The van der Waals surface area contributed by atoms with E-state index in [9.17, 15) is 19.8 Å². The van der Waals surface area contributed by atoms with Gasteiger partial charge in [-0.1, -0.05) is 31.5 Å². The van der Waals surface area contributed by atoms with Crippen molar-refractivity contribution in [3.8, 4) is 22.9 Å². The number of benzene rings is 3. The molecule has 4 heterocycles. The van der Waals surface area contributed by atoms with Crippen LogP contribution in [0.15, 0.2) is 60.7 Å². The number of nitrogens with zero attached hydrogens (tertiary/aromatic N) is 4. The highest BCUT2D eigenvalue weighted by Crippen LogP contribution is 2.41. The first kappa shape index (κ1) is 32.4. The lowest BCUT2D eigenvalue weighted by Crippen LogP contribution is -2.37. The third-order valence-electron chi connectivity index (χ3n) is 8.99. The molecule has 4 N–H and O–H groups in total. The van der Waals surface area contributed by atoms with Crippen molar-refractivity contribution in [3.05, 3.63) is 87.8 Å². The molecule has 252 valence electrons. The number of ether oxygens (including phenoxy) is 1. The Morgan fingerprint density at radius 1 is 0.898 bits per heavy atom. The summed E-state index contributed by atoms with van der Waals surface area (Å²) >= 11 is 1.56. The molecule has 0 unspecified atom stereocenters. The molecule has 3 aromatic carbocycles. The van der Waals surface area contributed by atoms with Gasteiger partial charge in [-0.25, -0.2) is 14.8 Å². The summed E-state index contributed by atoms with van der Waals surface area (Å²) in [5.74, 6) is 0.903. The molecule has 3 amide bonds. The zero-order valence-electron chi connectivity index (χ0n) is 27.6. The molecule has 0 bridgehead atoms. The number of carbonyl (C=O) groups is 2. The quantitative estimate of drug-likeness (QED) is 0.152. The Hall–Kier alpha value is -5.20. The lowest BCUT2D eigenvalue weighted by atomic mass is 9.97. The van der Waals surface area contributed by atoms with Crippen molar-refractivity contribution in [2.24, 2.45) is 0 Å². The van der Waals surface area contributed by atoms with Crippen molar-refractivity contribution in [3.63, 3.8) is 0 Å². The number of aromatic nitrogens is 2. The van der Waals surface area contributed by atoms with Gasteiger partial charge in [0, 0.05) is 47.5 Å². The molecule has 2 aromatic heterocycles. The van der Waals surface area contributed by atoms with Gasteiger partial charge in [0.15, 0.2) is 5.82 Å². The zero-order chi connectivity index (χ0) is 34.2. The number of fused-ring (bicyclic) bond motifs is 3. The van der Waals surface area contributed by atoms with Crippen molar-refractivity contribution >= 4 is 50.7 Å². The van der Waals surface area contributed by atoms with Gasteiger partial charge >= 0.3 is 6.03 Å². The lowest BCUT2D eigenvalue weighted by molar-refractivity contribution is 0.0734. The van der Waals surface area contributed by atoms with Crippen LogP contribution in [-0.2, 0) is 17.7 Å². The van der Waals surface area contributed by atoms with Crippen LogP contribution in [0.2, 0.25) is 0 Å². The van der Waals surface area contributed by atoms with Crippen LogP contribution < -0.4 is 15.5 Å². The van der Waals surface area contributed by atoms with Gasteiger partial charge in [0.2, 0.25) is 0 Å². The first-order chi connectivity index (χ1) is 23.6. The number of aryl methyl sites for hydroxylation is 1. The van der Waals surface area contributed by atoms with E-state index >= 15 is 0 Å². The predicted octanol–water partition coefficient (Wildman–Crippen LogP) is 6.88. The highest BCUT2D eigenvalue weighted by Gasteiger charge is 2.31. The summed E-state index contributed by atoms with van der Waals surface area (Å²) in [4.78, 5) is 42.3. The Bertz CT molecular complexity index is 2040. The third-order valence-corrected chi connectivity index (χ3v) is 10.1. The summed E-state index contributed by atoms with van der Waals surface area (Å²) in [5.41, 5.74) is 5.23. The van der Waals surface area contributed by atoms with Gasteiger partial charge < -0.3 is 35.4 Å². The average molecular weight is 679 g/mol. The maximum Gasteiger partial charge on any atom is 0.323 e. The van der Waals surface area contributed by atoms with Crippen LogP contribution in [0, 0.1) is 6.92 Å². The number of anilines is 3. The number of morpholine rings is 1. The minimum absolute atomic E-state index is 0.00915. The molecule has 49 heavy (non-hydrogen) atoms. The van der Waals surface area contributed by atoms with Gasteiger partial charge in [0.05, 0.1) is 30.7 Å². The van der Waals surface area contributed by atoms with Gasteiger partial charge in [0.25, 0.3) is 5.91 Å².